The van der Waals surface area contributed by atoms with E-state index in [0.29, 0.717) is 0 Å². The zero-order chi connectivity index (χ0) is 44.8. The number of hydrogen-bond donors (Lipinski definition) is 0. The van der Waals surface area contributed by atoms with Crippen molar-refractivity contribution in [1.29, 1.82) is 0 Å². The Labute approximate surface area is 370 Å². The normalized spacial score (nSPS) is 24.1. The largest absolute Gasteiger partial charge is 0.388 e. The highest BCUT2D eigenvalue weighted by Gasteiger charge is 2.49. The first-order valence-electron chi connectivity index (χ1n) is 24.0. The first kappa shape index (κ1) is 60.8. The molecule has 3 aromatic rings. The summed E-state index contributed by atoms with van der Waals surface area (Å²) in [6.45, 7) is 17.0. The maximum absolute atomic E-state index is 4.25. The van der Waals surface area contributed by atoms with Crippen LogP contribution in [0, 0.1) is 47.3 Å². The molecule has 6 aliphatic rings. The highest BCUT2D eigenvalue weighted by atomic mass is 16.5. The van der Waals surface area contributed by atoms with Crippen molar-refractivity contribution in [2.75, 3.05) is 42.7 Å². The molecule has 0 amide bonds. The van der Waals surface area contributed by atoms with Crippen molar-refractivity contribution in [2.24, 2.45) is 47.3 Å². The molecule has 4 bridgehead atoms. The van der Waals surface area contributed by atoms with E-state index < -0.39 is 0 Å². The minimum atomic E-state index is 1.19. The molecule has 0 saturated heterocycles. The molecule has 0 aliphatic heterocycles. The summed E-state index contributed by atoms with van der Waals surface area (Å²) in [6.07, 6.45) is 24.1. The Bertz CT molecular complexity index is 867. The lowest BCUT2D eigenvalue weighted by molar-refractivity contribution is 0.259. The molecule has 8 unspecified atom stereocenters. The Kier molecular flexibility index (Phi) is 49.7. The van der Waals surface area contributed by atoms with Crippen molar-refractivity contribution in [3.05, 3.63) is 109 Å². The molecule has 8 atom stereocenters. The molecule has 0 spiro atoms. The highest BCUT2D eigenvalue weighted by Crippen LogP contribution is 2.59. The summed E-state index contributed by atoms with van der Waals surface area (Å²) < 4.78 is 12.8. The van der Waals surface area contributed by atoms with Gasteiger partial charge in [-0.2, -0.15) is 0 Å². The van der Waals surface area contributed by atoms with Crippen molar-refractivity contribution in [1.82, 2.24) is 0 Å². The van der Waals surface area contributed by atoms with Crippen LogP contribution in [-0.2, 0) is 14.2 Å². The summed E-state index contributed by atoms with van der Waals surface area (Å²) in [5.41, 5.74) is 0. The summed E-state index contributed by atoms with van der Waals surface area (Å²) in [5.74, 6) is 9.60. The molecule has 342 valence electrons. The van der Waals surface area contributed by atoms with Crippen LogP contribution in [0.1, 0.15) is 158 Å². The predicted molar refractivity (Wildman–Crippen MR) is 265 cm³/mol. The van der Waals surface area contributed by atoms with E-state index >= 15 is 0 Å². The number of benzene rings is 3. The number of rotatable bonds is 0. The van der Waals surface area contributed by atoms with Gasteiger partial charge in [0.2, 0.25) is 0 Å². The molecule has 0 N–H and O–H groups in total. The SMILES string of the molecule is C1CC2C3CCC(C3)C2C1.C1CC2C3CCC(C3)C2C1.CCC.CCC.CCC.CCC.COC.COC.COC.c1ccccc1.c1ccccc1.c1ccccc1. The second kappa shape index (κ2) is 48.2. The monoisotopic (exact) mass is 821 g/mol. The Morgan fingerprint density at radius 2 is 0.390 bits per heavy atom. The molecule has 6 aliphatic carbocycles. The van der Waals surface area contributed by atoms with E-state index in [4.69, 9.17) is 0 Å². The summed E-state index contributed by atoms with van der Waals surface area (Å²) in [7, 11) is 9.75. The lowest BCUT2D eigenvalue weighted by Crippen LogP contribution is -2.15. The quantitative estimate of drug-likeness (QED) is 0.226. The third-order valence-electron chi connectivity index (χ3n) is 10.7. The van der Waals surface area contributed by atoms with E-state index in [0.717, 1.165) is 0 Å². The molecule has 0 radical (unpaired) electrons. The molecular weight excluding hydrogens is 721 g/mol. The molecule has 0 heterocycles. The van der Waals surface area contributed by atoms with Crippen LogP contribution in [0.2, 0.25) is 0 Å². The van der Waals surface area contributed by atoms with Crippen LogP contribution in [0.5, 0.6) is 0 Å². The lowest BCUT2D eigenvalue weighted by atomic mass is 9.82. The van der Waals surface area contributed by atoms with Gasteiger partial charge in [-0.25, -0.2) is 0 Å². The minimum absolute atomic E-state index is 1.19. The van der Waals surface area contributed by atoms with E-state index in [1.807, 2.05) is 109 Å². The average molecular weight is 821 g/mol. The Balaban J connectivity index is -0.000000604. The smallest absolute Gasteiger partial charge is 0.0351 e. The zero-order valence-electron chi connectivity index (χ0n) is 41.5. The number of methoxy groups -OCH3 is 3. The topological polar surface area (TPSA) is 27.7 Å². The standard InChI is InChI=1S/2C10H16.3C6H6.4C3H8.3C2H6O/c2*1-2-9-7-4-5-8(6-7)10(9)3-1;3*1-2-4-6-5-3-1;7*1-3-2/h2*7-10H,1-6H2;3*1-6H;4*3H2,1-2H3;3*1-2H3. The number of hydrogen-bond acceptors (Lipinski definition) is 3. The summed E-state index contributed by atoms with van der Waals surface area (Å²) >= 11 is 0. The fourth-order valence-electron chi connectivity index (χ4n) is 9.19. The first-order chi connectivity index (χ1) is 28.8. The van der Waals surface area contributed by atoms with Crippen molar-refractivity contribution in [2.45, 2.75) is 158 Å². The zero-order valence-corrected chi connectivity index (χ0v) is 41.5. The molecule has 6 saturated carbocycles. The van der Waals surface area contributed by atoms with Gasteiger partial charge in [-0.05, 0) is 112 Å². The van der Waals surface area contributed by atoms with Crippen LogP contribution in [0.15, 0.2) is 109 Å². The average Bonchev–Trinajstić information content (AvgIpc) is 4.12. The molecule has 3 aromatic carbocycles. The van der Waals surface area contributed by atoms with E-state index in [1.165, 1.54) is 73.0 Å². The van der Waals surface area contributed by atoms with Gasteiger partial charge in [0, 0.05) is 42.7 Å². The summed E-state index contributed by atoms with van der Waals surface area (Å²) in [4.78, 5) is 0. The Hall–Kier alpha value is -2.46. The molecule has 3 nitrogen and oxygen atoms in total. The third-order valence-corrected chi connectivity index (χ3v) is 10.7. The van der Waals surface area contributed by atoms with Crippen LogP contribution in [0.4, 0.5) is 0 Å². The van der Waals surface area contributed by atoms with E-state index in [2.05, 4.69) is 69.6 Å². The van der Waals surface area contributed by atoms with Crippen molar-refractivity contribution < 1.29 is 14.2 Å². The molecule has 59 heavy (non-hydrogen) atoms. The molecule has 6 fully saturated rings. The van der Waals surface area contributed by atoms with Gasteiger partial charge < -0.3 is 14.2 Å². The van der Waals surface area contributed by atoms with Crippen molar-refractivity contribution >= 4 is 0 Å². The second-order valence-electron chi connectivity index (χ2n) is 16.7. The van der Waals surface area contributed by atoms with Gasteiger partial charge in [-0.1, -0.05) is 203 Å². The Morgan fingerprint density at radius 3 is 0.508 bits per heavy atom. The molecule has 0 aromatic heterocycles. The minimum Gasteiger partial charge on any atom is -0.388 e. The first-order valence-corrected chi connectivity index (χ1v) is 24.0. The summed E-state index contributed by atoms with van der Waals surface area (Å²) in [6, 6.07) is 36.0. The van der Waals surface area contributed by atoms with E-state index in [-0.39, 0.29) is 0 Å². The van der Waals surface area contributed by atoms with Gasteiger partial charge in [-0.15, -0.1) is 0 Å². The van der Waals surface area contributed by atoms with Crippen LogP contribution >= 0.6 is 0 Å². The number of fused-ring (bicyclic) bond motifs is 10. The van der Waals surface area contributed by atoms with Gasteiger partial charge in [0.15, 0.2) is 0 Å². The summed E-state index contributed by atoms with van der Waals surface area (Å²) in [5, 5.41) is 0. The third kappa shape index (κ3) is 32.9. The molecular formula is C56H100O3. The van der Waals surface area contributed by atoms with Crippen LogP contribution in [-0.4, -0.2) is 42.7 Å². The van der Waals surface area contributed by atoms with Gasteiger partial charge in [0.1, 0.15) is 0 Å². The van der Waals surface area contributed by atoms with Gasteiger partial charge in [-0.3, -0.25) is 0 Å². The fraction of sp³-hybridized carbons (Fsp3) is 0.679. The lowest BCUT2D eigenvalue weighted by Gasteiger charge is -2.23. The Morgan fingerprint density at radius 1 is 0.271 bits per heavy atom. The van der Waals surface area contributed by atoms with Gasteiger partial charge in [0.05, 0.1) is 0 Å². The van der Waals surface area contributed by atoms with Crippen LogP contribution < -0.4 is 0 Å². The fourth-order valence-corrected chi connectivity index (χ4v) is 9.19. The molecule has 3 heteroatoms. The van der Waals surface area contributed by atoms with Crippen molar-refractivity contribution in [3.63, 3.8) is 0 Å². The van der Waals surface area contributed by atoms with Crippen LogP contribution in [0.25, 0.3) is 0 Å². The second-order valence-corrected chi connectivity index (χ2v) is 16.7. The maximum Gasteiger partial charge on any atom is 0.0351 e. The van der Waals surface area contributed by atoms with E-state index in [1.54, 1.807) is 120 Å². The molecule has 9 rings (SSSR count). The maximum atomic E-state index is 4.25. The van der Waals surface area contributed by atoms with Crippen molar-refractivity contribution in [3.8, 4) is 0 Å². The van der Waals surface area contributed by atoms with Gasteiger partial charge >= 0.3 is 0 Å². The number of ether oxygens (including phenoxy) is 3. The van der Waals surface area contributed by atoms with Crippen LogP contribution in [0.3, 0.4) is 0 Å². The van der Waals surface area contributed by atoms with Gasteiger partial charge in [0.25, 0.3) is 0 Å². The van der Waals surface area contributed by atoms with E-state index in [9.17, 15) is 0 Å². The predicted octanol–water partition coefficient (Wildman–Crippen LogP) is 17.2. The highest BCUT2D eigenvalue weighted by molar-refractivity contribution is 5.01.